The second-order valence-corrected chi connectivity index (χ2v) is 4.47. The van der Waals surface area contributed by atoms with Crippen molar-refractivity contribution in [2.45, 2.75) is 26.3 Å². The van der Waals surface area contributed by atoms with Gasteiger partial charge in [-0.25, -0.2) is 0 Å². The van der Waals surface area contributed by atoms with Gasteiger partial charge in [0.05, 0.1) is 19.8 Å². The minimum atomic E-state index is -0.118. The molecule has 0 aliphatic rings. The molecular formula is C14H22N2O3. The lowest BCUT2D eigenvalue weighted by Gasteiger charge is -2.24. The van der Waals surface area contributed by atoms with Crippen LogP contribution in [0.15, 0.2) is 12.1 Å². The zero-order valence-electron chi connectivity index (χ0n) is 12.2. The molecule has 19 heavy (non-hydrogen) atoms. The maximum atomic E-state index is 12.4. The first-order valence-electron chi connectivity index (χ1n) is 6.24. The van der Waals surface area contributed by atoms with Crippen molar-refractivity contribution in [1.29, 1.82) is 0 Å². The molecule has 0 aliphatic heterocycles. The molecule has 5 nitrogen and oxygen atoms in total. The maximum Gasteiger partial charge on any atom is 0.256 e. The molecule has 0 saturated heterocycles. The van der Waals surface area contributed by atoms with E-state index in [1.807, 2.05) is 13.8 Å². The number of carbonyl (C=O) groups is 1. The van der Waals surface area contributed by atoms with E-state index >= 15 is 0 Å². The first kappa shape index (κ1) is 15.1. The zero-order chi connectivity index (χ0) is 14.6. The summed E-state index contributed by atoms with van der Waals surface area (Å²) in [4.78, 5) is 14.1. The van der Waals surface area contributed by atoms with Crippen molar-refractivity contribution in [3.05, 3.63) is 17.7 Å². The lowest BCUT2D eigenvalue weighted by molar-refractivity contribution is 0.0741. The number of nitrogens with two attached hydrogens (primary N) is 1. The van der Waals surface area contributed by atoms with Crippen molar-refractivity contribution >= 4 is 11.6 Å². The number of rotatable bonds is 5. The lowest BCUT2D eigenvalue weighted by Crippen LogP contribution is -2.35. The summed E-state index contributed by atoms with van der Waals surface area (Å²) < 4.78 is 10.3. The Labute approximate surface area is 114 Å². The number of ether oxygens (including phenoxy) is 2. The van der Waals surface area contributed by atoms with Crippen LogP contribution in [0.25, 0.3) is 0 Å². The summed E-state index contributed by atoms with van der Waals surface area (Å²) in [5.74, 6) is 0.896. The Morgan fingerprint density at radius 1 is 1.32 bits per heavy atom. The van der Waals surface area contributed by atoms with Crippen molar-refractivity contribution in [3.8, 4) is 11.5 Å². The fraction of sp³-hybridized carbons (Fsp3) is 0.500. The van der Waals surface area contributed by atoms with E-state index in [2.05, 4.69) is 0 Å². The predicted molar refractivity (Wildman–Crippen MR) is 75.8 cm³/mol. The molecule has 0 aromatic heterocycles. The Kier molecular flexibility index (Phi) is 5.03. The van der Waals surface area contributed by atoms with Crippen LogP contribution in [0, 0.1) is 0 Å². The fourth-order valence-electron chi connectivity index (χ4n) is 1.74. The molecule has 1 aromatic rings. The smallest absolute Gasteiger partial charge is 0.256 e. The highest BCUT2D eigenvalue weighted by molar-refractivity contribution is 6.00. The van der Waals surface area contributed by atoms with E-state index in [1.54, 1.807) is 24.1 Å². The monoisotopic (exact) mass is 266 g/mol. The van der Waals surface area contributed by atoms with Crippen LogP contribution < -0.4 is 15.2 Å². The van der Waals surface area contributed by atoms with Gasteiger partial charge in [0.25, 0.3) is 5.91 Å². The summed E-state index contributed by atoms with van der Waals surface area (Å²) in [7, 11) is 4.83. The molecule has 0 bridgehead atoms. The Morgan fingerprint density at radius 2 is 1.84 bits per heavy atom. The van der Waals surface area contributed by atoms with E-state index in [9.17, 15) is 4.79 Å². The molecule has 1 unspecified atom stereocenters. The minimum absolute atomic E-state index is 0.118. The fourth-order valence-corrected chi connectivity index (χ4v) is 1.74. The highest BCUT2D eigenvalue weighted by Crippen LogP contribution is 2.32. The van der Waals surface area contributed by atoms with Crippen LogP contribution in [0.5, 0.6) is 11.5 Å². The Balaban J connectivity index is 3.16. The van der Waals surface area contributed by atoms with Crippen LogP contribution in [0.3, 0.4) is 0 Å². The van der Waals surface area contributed by atoms with Crippen molar-refractivity contribution in [2.75, 3.05) is 27.0 Å². The number of benzene rings is 1. The van der Waals surface area contributed by atoms with Crippen molar-refractivity contribution in [1.82, 2.24) is 4.90 Å². The predicted octanol–water partition coefficient (Wildman–Crippen LogP) is 2.16. The van der Waals surface area contributed by atoms with Gasteiger partial charge in [0.2, 0.25) is 0 Å². The molecule has 0 radical (unpaired) electrons. The van der Waals surface area contributed by atoms with Gasteiger partial charge >= 0.3 is 0 Å². The molecule has 106 valence electrons. The summed E-state index contributed by atoms with van der Waals surface area (Å²) in [6, 6.07) is 3.38. The van der Waals surface area contributed by atoms with Gasteiger partial charge < -0.3 is 20.1 Å². The van der Waals surface area contributed by atoms with E-state index in [-0.39, 0.29) is 11.9 Å². The molecule has 0 aliphatic carbocycles. The molecule has 1 amide bonds. The summed E-state index contributed by atoms with van der Waals surface area (Å²) in [6.45, 7) is 4.03. The second kappa shape index (κ2) is 6.31. The van der Waals surface area contributed by atoms with Crippen molar-refractivity contribution in [3.63, 3.8) is 0 Å². The molecule has 5 heteroatoms. The number of anilines is 1. The molecule has 2 N–H and O–H groups in total. The average molecular weight is 266 g/mol. The SMILES string of the molecule is CCC(C)N(C)C(=O)c1cc(OC)c(OC)cc1N. The Bertz CT molecular complexity index is 460. The molecule has 1 atom stereocenters. The summed E-state index contributed by atoms with van der Waals surface area (Å²) in [6.07, 6.45) is 0.884. The number of amides is 1. The van der Waals surface area contributed by atoms with Gasteiger partial charge in [-0.3, -0.25) is 4.79 Å². The summed E-state index contributed by atoms with van der Waals surface area (Å²) in [5.41, 5.74) is 6.74. The first-order valence-corrected chi connectivity index (χ1v) is 6.24. The second-order valence-electron chi connectivity index (χ2n) is 4.47. The van der Waals surface area contributed by atoms with E-state index in [0.717, 1.165) is 6.42 Å². The molecule has 0 spiro atoms. The Morgan fingerprint density at radius 3 is 2.32 bits per heavy atom. The number of hydrogen-bond acceptors (Lipinski definition) is 4. The van der Waals surface area contributed by atoms with Crippen molar-refractivity contribution in [2.24, 2.45) is 0 Å². The average Bonchev–Trinajstić information content (AvgIpc) is 2.44. The quantitative estimate of drug-likeness (QED) is 0.829. The van der Waals surface area contributed by atoms with Crippen LogP contribution in [-0.4, -0.2) is 38.1 Å². The topological polar surface area (TPSA) is 64.8 Å². The molecular weight excluding hydrogens is 244 g/mol. The molecule has 0 fully saturated rings. The molecule has 0 heterocycles. The van der Waals surface area contributed by atoms with Gasteiger partial charge in [0, 0.05) is 24.8 Å². The largest absolute Gasteiger partial charge is 0.493 e. The van der Waals surface area contributed by atoms with Crippen LogP contribution >= 0.6 is 0 Å². The van der Waals surface area contributed by atoms with E-state index in [4.69, 9.17) is 15.2 Å². The number of carbonyl (C=O) groups excluding carboxylic acids is 1. The van der Waals surface area contributed by atoms with Gasteiger partial charge in [0.1, 0.15) is 0 Å². The van der Waals surface area contributed by atoms with Crippen molar-refractivity contribution < 1.29 is 14.3 Å². The first-order chi connectivity index (χ1) is 8.96. The molecule has 1 aromatic carbocycles. The highest BCUT2D eigenvalue weighted by Gasteiger charge is 2.20. The van der Waals surface area contributed by atoms with Gasteiger partial charge in [0.15, 0.2) is 11.5 Å². The normalized spacial score (nSPS) is 11.8. The van der Waals surface area contributed by atoms with E-state index in [1.165, 1.54) is 14.2 Å². The van der Waals surface area contributed by atoms with E-state index in [0.29, 0.717) is 22.7 Å². The maximum absolute atomic E-state index is 12.4. The number of hydrogen-bond donors (Lipinski definition) is 1. The number of methoxy groups -OCH3 is 2. The van der Waals surface area contributed by atoms with Gasteiger partial charge in [-0.1, -0.05) is 6.92 Å². The summed E-state index contributed by atoms with van der Waals surface area (Å²) >= 11 is 0. The molecule has 0 saturated carbocycles. The van der Waals surface area contributed by atoms with Crippen LogP contribution in [-0.2, 0) is 0 Å². The zero-order valence-corrected chi connectivity index (χ0v) is 12.2. The van der Waals surface area contributed by atoms with Crippen LogP contribution in [0.2, 0.25) is 0 Å². The molecule has 1 rings (SSSR count). The number of nitrogen functional groups attached to an aromatic ring is 1. The Hall–Kier alpha value is -1.91. The lowest BCUT2D eigenvalue weighted by atomic mass is 10.1. The third-order valence-electron chi connectivity index (χ3n) is 3.36. The third kappa shape index (κ3) is 3.10. The standard InChI is InChI=1S/C14H22N2O3/c1-6-9(2)16(3)14(17)10-7-12(18-4)13(19-5)8-11(10)15/h7-9H,6,15H2,1-5H3. The van der Waals surface area contributed by atoms with Gasteiger partial charge in [-0.2, -0.15) is 0 Å². The van der Waals surface area contributed by atoms with Crippen LogP contribution in [0.4, 0.5) is 5.69 Å². The van der Waals surface area contributed by atoms with Gasteiger partial charge in [-0.15, -0.1) is 0 Å². The van der Waals surface area contributed by atoms with Gasteiger partial charge in [-0.05, 0) is 19.4 Å². The summed E-state index contributed by atoms with van der Waals surface area (Å²) in [5, 5.41) is 0. The van der Waals surface area contributed by atoms with Crippen LogP contribution in [0.1, 0.15) is 30.6 Å². The van der Waals surface area contributed by atoms with E-state index < -0.39 is 0 Å². The minimum Gasteiger partial charge on any atom is -0.493 e. The number of nitrogens with zero attached hydrogens (tertiary/aromatic N) is 1. The highest BCUT2D eigenvalue weighted by atomic mass is 16.5. The third-order valence-corrected chi connectivity index (χ3v) is 3.36.